The summed E-state index contributed by atoms with van der Waals surface area (Å²) in [5.74, 6) is -0.645. The highest BCUT2D eigenvalue weighted by Gasteiger charge is 2.51. The van der Waals surface area contributed by atoms with Gasteiger partial charge in [0.05, 0.1) is 12.3 Å². The predicted octanol–water partition coefficient (Wildman–Crippen LogP) is 2.53. The van der Waals surface area contributed by atoms with Crippen LogP contribution in [0.5, 0.6) is 5.75 Å². The summed E-state index contributed by atoms with van der Waals surface area (Å²) >= 11 is 3.39. The van der Waals surface area contributed by atoms with E-state index in [9.17, 15) is 9.59 Å². The summed E-state index contributed by atoms with van der Waals surface area (Å²) in [5, 5.41) is 0. The van der Waals surface area contributed by atoms with Gasteiger partial charge in [-0.1, -0.05) is 15.9 Å². The van der Waals surface area contributed by atoms with Crippen molar-refractivity contribution in [3.63, 3.8) is 0 Å². The summed E-state index contributed by atoms with van der Waals surface area (Å²) in [7, 11) is 1.61. The predicted molar refractivity (Wildman–Crippen MR) is 88.7 cm³/mol. The molecule has 0 spiro atoms. The number of esters is 1. The first-order chi connectivity index (χ1) is 10.9. The molecule has 0 saturated carbocycles. The third-order valence-electron chi connectivity index (χ3n) is 3.57. The molecule has 6 nitrogen and oxygen atoms in total. The van der Waals surface area contributed by atoms with E-state index in [1.165, 1.54) is 6.92 Å². The van der Waals surface area contributed by atoms with E-state index in [4.69, 9.17) is 14.2 Å². The molecule has 0 aromatic heterocycles. The third-order valence-corrected chi connectivity index (χ3v) is 4.07. The average Bonchev–Trinajstić information content (AvgIpc) is 2.52. The minimum Gasteiger partial charge on any atom is -0.464 e. The van der Waals surface area contributed by atoms with Crippen molar-refractivity contribution >= 4 is 33.5 Å². The van der Waals surface area contributed by atoms with Crippen molar-refractivity contribution in [3.05, 3.63) is 22.7 Å². The molecule has 0 N–H and O–H groups in total. The molecule has 7 heteroatoms. The van der Waals surface area contributed by atoms with Gasteiger partial charge < -0.3 is 19.1 Å². The van der Waals surface area contributed by atoms with Crippen LogP contribution in [0, 0.1) is 0 Å². The second-order valence-electron chi connectivity index (χ2n) is 5.27. The first-order valence-electron chi connectivity index (χ1n) is 7.40. The van der Waals surface area contributed by atoms with Gasteiger partial charge in [0.1, 0.15) is 5.75 Å². The fourth-order valence-corrected chi connectivity index (χ4v) is 2.75. The van der Waals surface area contributed by atoms with Gasteiger partial charge in [-0.05, 0) is 38.5 Å². The smallest absolute Gasteiger partial charge is 0.360 e. The molecule has 1 aromatic carbocycles. The molecule has 1 aliphatic rings. The van der Waals surface area contributed by atoms with Gasteiger partial charge in [-0.2, -0.15) is 0 Å². The highest BCUT2D eigenvalue weighted by molar-refractivity contribution is 9.10. The molecule has 1 heterocycles. The van der Waals surface area contributed by atoms with Gasteiger partial charge in [0.2, 0.25) is 0 Å². The molecule has 2 rings (SSSR count). The van der Waals surface area contributed by atoms with E-state index in [-0.39, 0.29) is 6.61 Å². The molecule has 0 bridgehead atoms. The van der Waals surface area contributed by atoms with Gasteiger partial charge in [0.15, 0.2) is 0 Å². The zero-order chi connectivity index (χ0) is 17.0. The maximum Gasteiger partial charge on any atom is 0.360 e. The SMILES string of the molecule is CCOC(=O)C1(C)Oc2ccc(Br)cc2N(CCCOC)C1=O. The standard InChI is InChI=1S/C16H20BrNO5/c1-4-22-15(20)16(2)14(19)18(8-5-9-21-3)12-10-11(17)6-7-13(12)23-16/h6-7,10H,4-5,8-9H2,1-3H3. The van der Waals surface area contributed by atoms with E-state index in [0.717, 1.165) is 4.47 Å². The Balaban J connectivity index is 2.40. The van der Waals surface area contributed by atoms with E-state index in [0.29, 0.717) is 31.0 Å². The fraction of sp³-hybridized carbons (Fsp3) is 0.500. The van der Waals surface area contributed by atoms with Crippen LogP contribution in [0.1, 0.15) is 20.3 Å². The Labute approximate surface area is 143 Å². The van der Waals surface area contributed by atoms with Gasteiger partial charge in [0.25, 0.3) is 11.5 Å². The average molecular weight is 386 g/mol. The second kappa shape index (κ2) is 7.31. The number of fused-ring (bicyclic) bond motifs is 1. The van der Waals surface area contributed by atoms with E-state index in [2.05, 4.69) is 15.9 Å². The van der Waals surface area contributed by atoms with Gasteiger partial charge in [0, 0.05) is 24.7 Å². The number of rotatable bonds is 6. The number of nitrogens with zero attached hydrogens (tertiary/aromatic N) is 1. The zero-order valence-electron chi connectivity index (χ0n) is 13.4. The van der Waals surface area contributed by atoms with Crippen LogP contribution < -0.4 is 9.64 Å². The number of amides is 1. The third kappa shape index (κ3) is 3.50. The number of methoxy groups -OCH3 is 1. The normalized spacial score (nSPS) is 20.0. The maximum atomic E-state index is 12.9. The van der Waals surface area contributed by atoms with Crippen molar-refractivity contribution in [1.29, 1.82) is 0 Å². The Morgan fingerprint density at radius 3 is 2.83 bits per heavy atom. The first kappa shape index (κ1) is 17.7. The molecule has 1 aliphatic heterocycles. The lowest BCUT2D eigenvalue weighted by atomic mass is 10.0. The molecule has 1 unspecified atom stereocenters. The van der Waals surface area contributed by atoms with Crippen LogP contribution in [0.15, 0.2) is 22.7 Å². The number of benzene rings is 1. The molecule has 0 radical (unpaired) electrons. The molecule has 1 aromatic rings. The zero-order valence-corrected chi connectivity index (χ0v) is 15.0. The van der Waals surface area contributed by atoms with Crippen LogP contribution >= 0.6 is 15.9 Å². The van der Waals surface area contributed by atoms with Crippen molar-refractivity contribution in [2.75, 3.05) is 31.8 Å². The van der Waals surface area contributed by atoms with Crippen molar-refractivity contribution in [2.24, 2.45) is 0 Å². The highest BCUT2D eigenvalue weighted by atomic mass is 79.9. The Hall–Kier alpha value is -1.60. The fourth-order valence-electron chi connectivity index (χ4n) is 2.41. The number of carbonyl (C=O) groups excluding carboxylic acids is 2. The summed E-state index contributed by atoms with van der Waals surface area (Å²) in [4.78, 5) is 26.7. The van der Waals surface area contributed by atoms with Crippen LogP contribution in [0.3, 0.4) is 0 Å². The summed E-state index contributed by atoms with van der Waals surface area (Å²) in [6, 6.07) is 5.32. The number of halogens is 1. The number of anilines is 1. The Kier molecular flexibility index (Phi) is 5.64. The minimum atomic E-state index is -1.68. The van der Waals surface area contributed by atoms with Gasteiger partial charge in [-0.25, -0.2) is 4.79 Å². The molecule has 1 atom stereocenters. The van der Waals surface area contributed by atoms with Crippen LogP contribution in [0.2, 0.25) is 0 Å². The maximum absolute atomic E-state index is 12.9. The Morgan fingerprint density at radius 2 is 2.17 bits per heavy atom. The molecule has 126 valence electrons. The Morgan fingerprint density at radius 1 is 1.43 bits per heavy atom. The van der Waals surface area contributed by atoms with Gasteiger partial charge in [-0.3, -0.25) is 4.79 Å². The molecule has 0 saturated heterocycles. The van der Waals surface area contributed by atoms with Crippen molar-refractivity contribution in [2.45, 2.75) is 25.9 Å². The lowest BCUT2D eigenvalue weighted by Gasteiger charge is -2.39. The van der Waals surface area contributed by atoms with Gasteiger partial charge in [-0.15, -0.1) is 0 Å². The number of hydrogen-bond donors (Lipinski definition) is 0. The van der Waals surface area contributed by atoms with E-state index in [1.54, 1.807) is 37.1 Å². The first-order valence-corrected chi connectivity index (χ1v) is 8.20. The number of ether oxygens (including phenoxy) is 3. The molecular weight excluding hydrogens is 366 g/mol. The van der Waals surface area contributed by atoms with E-state index in [1.807, 2.05) is 0 Å². The summed E-state index contributed by atoms with van der Waals surface area (Å²) in [6.45, 7) is 4.26. The minimum absolute atomic E-state index is 0.182. The van der Waals surface area contributed by atoms with Crippen LogP contribution in [0.25, 0.3) is 0 Å². The lowest BCUT2D eigenvalue weighted by molar-refractivity contribution is -0.166. The van der Waals surface area contributed by atoms with Crippen molar-refractivity contribution in [1.82, 2.24) is 0 Å². The second-order valence-corrected chi connectivity index (χ2v) is 6.19. The molecule has 1 amide bonds. The largest absolute Gasteiger partial charge is 0.464 e. The molecular formula is C16H20BrNO5. The summed E-state index contributed by atoms with van der Waals surface area (Å²) in [6.07, 6.45) is 0.646. The molecule has 23 heavy (non-hydrogen) atoms. The topological polar surface area (TPSA) is 65.1 Å². The molecule has 0 fully saturated rings. The Bertz CT molecular complexity index is 606. The number of hydrogen-bond acceptors (Lipinski definition) is 5. The van der Waals surface area contributed by atoms with Crippen molar-refractivity contribution < 1.29 is 23.8 Å². The monoisotopic (exact) mass is 385 g/mol. The quantitative estimate of drug-likeness (QED) is 0.427. The van der Waals surface area contributed by atoms with Crippen molar-refractivity contribution in [3.8, 4) is 5.75 Å². The molecule has 0 aliphatic carbocycles. The lowest BCUT2D eigenvalue weighted by Crippen LogP contribution is -2.59. The van der Waals surface area contributed by atoms with Crippen LogP contribution in [-0.2, 0) is 19.1 Å². The van der Waals surface area contributed by atoms with Crippen LogP contribution in [0.4, 0.5) is 5.69 Å². The van der Waals surface area contributed by atoms with E-state index >= 15 is 0 Å². The summed E-state index contributed by atoms with van der Waals surface area (Å²) < 4.78 is 16.6. The summed E-state index contributed by atoms with van der Waals surface area (Å²) in [5.41, 5.74) is -1.05. The number of carbonyl (C=O) groups is 2. The van der Waals surface area contributed by atoms with E-state index < -0.39 is 17.5 Å². The highest BCUT2D eigenvalue weighted by Crippen LogP contribution is 2.40. The van der Waals surface area contributed by atoms with Crippen LogP contribution in [-0.4, -0.2) is 44.3 Å². The van der Waals surface area contributed by atoms with Gasteiger partial charge >= 0.3 is 5.97 Å².